The van der Waals surface area contributed by atoms with Gasteiger partial charge in [0.25, 0.3) is 11.5 Å². The summed E-state index contributed by atoms with van der Waals surface area (Å²) >= 11 is 3.33. The minimum Gasteiger partial charge on any atom is -0.299 e. The zero-order valence-electron chi connectivity index (χ0n) is 18.0. The van der Waals surface area contributed by atoms with Crippen LogP contribution in [0.5, 0.6) is 0 Å². The van der Waals surface area contributed by atoms with Gasteiger partial charge in [-0.25, -0.2) is 23.3 Å². The number of alkyl halides is 1. The van der Waals surface area contributed by atoms with Crippen LogP contribution in [0.3, 0.4) is 0 Å². The number of halogens is 2. The summed E-state index contributed by atoms with van der Waals surface area (Å²) in [5, 5.41) is 9.93. The van der Waals surface area contributed by atoms with Crippen molar-refractivity contribution in [2.75, 3.05) is 11.6 Å². The van der Waals surface area contributed by atoms with Crippen LogP contribution >= 0.6 is 15.9 Å². The molecule has 3 aromatic rings. The van der Waals surface area contributed by atoms with Crippen LogP contribution in [0, 0.1) is 5.82 Å². The van der Waals surface area contributed by atoms with Gasteiger partial charge in [-0.15, -0.1) is 0 Å². The molecule has 176 valence electrons. The Labute approximate surface area is 198 Å². The van der Waals surface area contributed by atoms with E-state index in [-0.39, 0.29) is 24.2 Å². The fourth-order valence-electron chi connectivity index (χ4n) is 3.46. The predicted molar refractivity (Wildman–Crippen MR) is 127 cm³/mol. The number of aryl methyl sites for hydroxylation is 2. The molecule has 1 aromatic heterocycles. The summed E-state index contributed by atoms with van der Waals surface area (Å²) in [5.74, 6) is -1.45. The molecule has 0 bridgehead atoms. The fourth-order valence-corrected chi connectivity index (χ4v) is 4.76. The Hall–Kier alpha value is -2.63. The van der Waals surface area contributed by atoms with E-state index in [4.69, 9.17) is 5.21 Å². The quantitative estimate of drug-likeness (QED) is 0.258. The van der Waals surface area contributed by atoms with E-state index in [0.717, 1.165) is 17.1 Å². The highest BCUT2D eigenvalue weighted by Gasteiger charge is 2.43. The van der Waals surface area contributed by atoms with E-state index in [9.17, 15) is 22.4 Å². The van der Waals surface area contributed by atoms with Crippen molar-refractivity contribution in [2.45, 2.75) is 31.1 Å². The lowest BCUT2D eigenvalue weighted by molar-refractivity contribution is -0.131. The summed E-state index contributed by atoms with van der Waals surface area (Å²) in [4.78, 5) is 29.2. The van der Waals surface area contributed by atoms with Gasteiger partial charge in [0.15, 0.2) is 14.6 Å². The molecule has 11 heteroatoms. The maximum Gasteiger partial charge on any atom is 0.264 e. The number of carbonyl (C=O) groups is 1. The van der Waals surface area contributed by atoms with Gasteiger partial charge in [0.2, 0.25) is 0 Å². The maximum absolute atomic E-state index is 14.6. The maximum atomic E-state index is 14.6. The number of fused-ring (bicyclic) bond motifs is 1. The van der Waals surface area contributed by atoms with Gasteiger partial charge < -0.3 is 0 Å². The molecule has 0 radical (unpaired) electrons. The van der Waals surface area contributed by atoms with E-state index in [2.05, 4.69) is 20.9 Å². The Morgan fingerprint density at radius 2 is 2.00 bits per heavy atom. The number of nitrogens with one attached hydrogen (secondary N) is 1. The molecular formula is C22H23BrFN3O5S. The van der Waals surface area contributed by atoms with Crippen LogP contribution in [-0.4, -0.2) is 45.4 Å². The van der Waals surface area contributed by atoms with Crippen molar-refractivity contribution in [1.29, 1.82) is 0 Å². The summed E-state index contributed by atoms with van der Waals surface area (Å²) in [7, 11) is -3.89. The van der Waals surface area contributed by atoms with Crippen molar-refractivity contribution in [1.82, 2.24) is 15.0 Å². The van der Waals surface area contributed by atoms with E-state index in [1.54, 1.807) is 24.3 Å². The molecule has 8 nitrogen and oxygen atoms in total. The topological polar surface area (TPSA) is 118 Å². The van der Waals surface area contributed by atoms with Gasteiger partial charge in [0.05, 0.1) is 17.2 Å². The molecule has 0 fully saturated rings. The van der Waals surface area contributed by atoms with Crippen LogP contribution in [-0.2, 0) is 27.6 Å². The van der Waals surface area contributed by atoms with Gasteiger partial charge in [-0.3, -0.25) is 19.4 Å². The Morgan fingerprint density at radius 3 is 2.61 bits per heavy atom. The normalized spacial score (nSPS) is 13.6. The summed E-state index contributed by atoms with van der Waals surface area (Å²) < 4.78 is 38.1. The molecular weight excluding hydrogens is 517 g/mol. The third-order valence-electron chi connectivity index (χ3n) is 5.78. The van der Waals surface area contributed by atoms with Gasteiger partial charge in [-0.2, -0.15) is 0 Å². The second kappa shape index (κ2) is 9.70. The van der Waals surface area contributed by atoms with Crippen molar-refractivity contribution in [3.63, 3.8) is 0 Å². The lowest BCUT2D eigenvalue weighted by Gasteiger charge is -2.25. The molecule has 2 aromatic carbocycles. The van der Waals surface area contributed by atoms with Crippen LogP contribution in [0.1, 0.15) is 18.9 Å². The minimum atomic E-state index is -3.89. The highest BCUT2D eigenvalue weighted by molar-refractivity contribution is 9.09. The molecule has 1 atom stereocenters. The van der Waals surface area contributed by atoms with E-state index in [1.807, 2.05) is 6.07 Å². The lowest BCUT2D eigenvalue weighted by Crippen LogP contribution is -2.50. The standard InChI is InChI=1S/C22H23BrFN3O5S/c1-22(21(29)26-30,33(2,31)32)8-10-27-13-25-19-12-15(4-6-17(19)20(27)28)16-5-3-14(7-9-23)11-18(16)24/h3-6,11-13,30H,7-10H2,1-2H3,(H,26,29). The number of rotatable bonds is 8. The van der Waals surface area contributed by atoms with Gasteiger partial charge >= 0.3 is 0 Å². The molecule has 0 spiro atoms. The van der Waals surface area contributed by atoms with Crippen molar-refractivity contribution in [2.24, 2.45) is 0 Å². The zero-order chi connectivity index (χ0) is 24.4. The molecule has 33 heavy (non-hydrogen) atoms. The third-order valence-corrected chi connectivity index (χ3v) is 8.21. The molecule has 0 saturated carbocycles. The zero-order valence-corrected chi connectivity index (χ0v) is 20.4. The summed E-state index contributed by atoms with van der Waals surface area (Å²) in [6.07, 6.45) is 2.59. The van der Waals surface area contributed by atoms with Crippen LogP contribution in [0.2, 0.25) is 0 Å². The Morgan fingerprint density at radius 1 is 1.27 bits per heavy atom. The molecule has 3 rings (SSSR count). The van der Waals surface area contributed by atoms with E-state index < -0.39 is 26.1 Å². The third kappa shape index (κ3) is 4.99. The Kier molecular flexibility index (Phi) is 7.35. The lowest BCUT2D eigenvalue weighted by atomic mass is 10.0. The van der Waals surface area contributed by atoms with Gasteiger partial charge in [0, 0.05) is 23.7 Å². The van der Waals surface area contributed by atoms with Gasteiger partial charge in [-0.05, 0) is 49.1 Å². The van der Waals surface area contributed by atoms with Crippen LogP contribution in [0.4, 0.5) is 4.39 Å². The van der Waals surface area contributed by atoms with Crippen LogP contribution in [0.15, 0.2) is 47.5 Å². The number of hydroxylamine groups is 1. The number of aromatic nitrogens is 2. The number of benzene rings is 2. The SMILES string of the molecule is CC(CCn1cnc2cc(-c3ccc(CCBr)cc3F)ccc2c1=O)(C(=O)NO)S(C)(=O)=O. The molecule has 1 amide bonds. The first kappa shape index (κ1) is 25.0. The van der Waals surface area contributed by atoms with E-state index in [1.165, 1.54) is 29.4 Å². The Balaban J connectivity index is 1.94. The Bertz CT molecular complexity index is 1380. The number of amides is 1. The van der Waals surface area contributed by atoms with Crippen molar-refractivity contribution < 1.29 is 22.8 Å². The summed E-state index contributed by atoms with van der Waals surface area (Å²) in [6, 6.07) is 9.79. The molecule has 0 saturated heterocycles. The van der Waals surface area contributed by atoms with Gasteiger partial charge in [0.1, 0.15) is 5.82 Å². The second-order valence-electron chi connectivity index (χ2n) is 7.92. The van der Waals surface area contributed by atoms with Crippen LogP contribution in [0.25, 0.3) is 22.0 Å². The number of nitrogens with zero attached hydrogens (tertiary/aromatic N) is 2. The number of carbonyl (C=O) groups excluding carboxylic acids is 1. The predicted octanol–water partition coefficient (Wildman–Crippen LogP) is 2.84. The van der Waals surface area contributed by atoms with E-state index in [0.29, 0.717) is 23.1 Å². The molecule has 1 heterocycles. The smallest absolute Gasteiger partial charge is 0.264 e. The number of sulfone groups is 1. The van der Waals surface area contributed by atoms with Crippen molar-refractivity contribution in [3.05, 3.63) is 64.5 Å². The highest BCUT2D eigenvalue weighted by Crippen LogP contribution is 2.26. The first-order valence-electron chi connectivity index (χ1n) is 10.00. The number of hydrogen-bond donors (Lipinski definition) is 2. The molecule has 0 aliphatic heterocycles. The second-order valence-corrected chi connectivity index (χ2v) is 11.2. The minimum absolute atomic E-state index is 0.121. The summed E-state index contributed by atoms with van der Waals surface area (Å²) in [6.45, 7) is 1.06. The molecule has 0 aliphatic rings. The monoisotopic (exact) mass is 539 g/mol. The van der Waals surface area contributed by atoms with Gasteiger partial charge in [-0.1, -0.05) is 34.1 Å². The van der Waals surface area contributed by atoms with Crippen molar-refractivity contribution in [3.8, 4) is 11.1 Å². The van der Waals surface area contributed by atoms with Crippen LogP contribution < -0.4 is 11.0 Å². The van der Waals surface area contributed by atoms with Crippen molar-refractivity contribution >= 4 is 42.6 Å². The molecule has 0 aliphatic carbocycles. The first-order chi connectivity index (χ1) is 15.5. The first-order valence-corrected chi connectivity index (χ1v) is 13.0. The average Bonchev–Trinajstić information content (AvgIpc) is 2.77. The van der Waals surface area contributed by atoms with E-state index >= 15 is 0 Å². The number of hydrogen-bond acceptors (Lipinski definition) is 6. The largest absolute Gasteiger partial charge is 0.299 e. The molecule has 1 unspecified atom stereocenters. The summed E-state index contributed by atoms with van der Waals surface area (Å²) in [5.41, 5.74) is 3.13. The highest BCUT2D eigenvalue weighted by atomic mass is 79.9. The average molecular weight is 540 g/mol. The fraction of sp³-hybridized carbons (Fsp3) is 0.318. The molecule has 2 N–H and O–H groups in total.